The molecule has 5 nitrogen and oxygen atoms in total. The molecule has 1 aromatic heterocycles. The fourth-order valence-corrected chi connectivity index (χ4v) is 2.35. The molecular formula is C14H22N4O. The first-order valence-corrected chi connectivity index (χ1v) is 6.94. The molecule has 0 atom stereocenters. The zero-order chi connectivity index (χ0) is 13.7. The van der Waals surface area contributed by atoms with Gasteiger partial charge in [-0.05, 0) is 19.8 Å². The summed E-state index contributed by atoms with van der Waals surface area (Å²) in [6.07, 6.45) is 7.17. The van der Waals surface area contributed by atoms with E-state index in [4.69, 9.17) is 0 Å². The van der Waals surface area contributed by atoms with Gasteiger partial charge in [0.1, 0.15) is 23.7 Å². The normalized spacial score (nSPS) is 15.5. The second-order valence-corrected chi connectivity index (χ2v) is 5.26. The quantitative estimate of drug-likeness (QED) is 0.852. The minimum atomic E-state index is 0.199. The van der Waals surface area contributed by atoms with E-state index in [0.29, 0.717) is 19.0 Å². The van der Waals surface area contributed by atoms with Gasteiger partial charge in [0.05, 0.1) is 0 Å². The minimum Gasteiger partial charge on any atom is -0.367 e. The highest BCUT2D eigenvalue weighted by Crippen LogP contribution is 2.22. The molecule has 0 amide bonds. The summed E-state index contributed by atoms with van der Waals surface area (Å²) in [5.74, 6) is 1.94. The van der Waals surface area contributed by atoms with Crippen LogP contribution in [0.1, 0.15) is 39.0 Å². The summed E-state index contributed by atoms with van der Waals surface area (Å²) in [5.41, 5.74) is 0. The van der Waals surface area contributed by atoms with Gasteiger partial charge in [0.25, 0.3) is 0 Å². The first-order valence-electron chi connectivity index (χ1n) is 6.94. The maximum atomic E-state index is 11.0. The van der Waals surface area contributed by atoms with E-state index in [1.165, 1.54) is 25.7 Å². The van der Waals surface area contributed by atoms with E-state index in [0.717, 1.165) is 11.6 Å². The third kappa shape index (κ3) is 4.19. The summed E-state index contributed by atoms with van der Waals surface area (Å²) in [6.45, 7) is 2.30. The summed E-state index contributed by atoms with van der Waals surface area (Å²) in [5, 5.41) is 3.46. The standard InChI is InChI=1S/C14H22N4O/c1-11(19)7-8-18(2)14-9-13(15-10-16-14)17-12-5-3-4-6-12/h9-10,12H,3-8H2,1-2H3,(H,15,16,17). The molecule has 1 aliphatic rings. The van der Waals surface area contributed by atoms with Crippen molar-refractivity contribution in [3.8, 4) is 0 Å². The lowest BCUT2D eigenvalue weighted by Crippen LogP contribution is -2.22. The second kappa shape index (κ2) is 6.50. The molecule has 19 heavy (non-hydrogen) atoms. The summed E-state index contributed by atoms with van der Waals surface area (Å²) in [7, 11) is 1.95. The first-order chi connectivity index (χ1) is 9.15. The largest absolute Gasteiger partial charge is 0.367 e. The number of carbonyl (C=O) groups excluding carboxylic acids is 1. The number of anilines is 2. The molecule has 0 bridgehead atoms. The van der Waals surface area contributed by atoms with E-state index in [2.05, 4.69) is 15.3 Å². The van der Waals surface area contributed by atoms with Crippen molar-refractivity contribution in [1.82, 2.24) is 9.97 Å². The van der Waals surface area contributed by atoms with Crippen LogP contribution in [0.2, 0.25) is 0 Å². The summed E-state index contributed by atoms with van der Waals surface area (Å²) in [4.78, 5) is 21.5. The van der Waals surface area contributed by atoms with Gasteiger partial charge in [-0.15, -0.1) is 0 Å². The Balaban J connectivity index is 1.95. The van der Waals surface area contributed by atoms with Crippen LogP contribution in [0.15, 0.2) is 12.4 Å². The summed E-state index contributed by atoms with van der Waals surface area (Å²) >= 11 is 0. The fraction of sp³-hybridized carbons (Fsp3) is 0.643. The topological polar surface area (TPSA) is 58.1 Å². The number of ketones is 1. The predicted octanol–water partition coefficient (Wildman–Crippen LogP) is 2.25. The van der Waals surface area contributed by atoms with Crippen LogP contribution in [0.25, 0.3) is 0 Å². The van der Waals surface area contributed by atoms with Gasteiger partial charge in [-0.1, -0.05) is 12.8 Å². The SMILES string of the molecule is CC(=O)CCN(C)c1cc(NC2CCCC2)ncn1. The number of Topliss-reactive ketones (excluding diaryl/α,β-unsaturated/α-hetero) is 1. The van der Waals surface area contributed by atoms with Crippen molar-refractivity contribution < 1.29 is 4.79 Å². The van der Waals surface area contributed by atoms with Crippen molar-refractivity contribution in [2.75, 3.05) is 23.8 Å². The van der Waals surface area contributed by atoms with Gasteiger partial charge >= 0.3 is 0 Å². The molecule has 5 heteroatoms. The molecule has 104 valence electrons. The number of hydrogen-bond donors (Lipinski definition) is 1. The molecule has 2 rings (SSSR count). The highest BCUT2D eigenvalue weighted by molar-refractivity contribution is 5.76. The molecule has 1 aromatic rings. The second-order valence-electron chi connectivity index (χ2n) is 5.26. The minimum absolute atomic E-state index is 0.199. The zero-order valence-corrected chi connectivity index (χ0v) is 11.7. The third-order valence-electron chi connectivity index (χ3n) is 3.55. The van der Waals surface area contributed by atoms with Crippen molar-refractivity contribution in [3.63, 3.8) is 0 Å². The highest BCUT2D eigenvalue weighted by atomic mass is 16.1. The molecule has 0 saturated heterocycles. The van der Waals surface area contributed by atoms with Crippen LogP contribution in [0.5, 0.6) is 0 Å². The van der Waals surface area contributed by atoms with Gasteiger partial charge in [0.2, 0.25) is 0 Å². The van der Waals surface area contributed by atoms with Crippen molar-refractivity contribution in [2.45, 2.75) is 45.1 Å². The number of aromatic nitrogens is 2. The number of rotatable bonds is 6. The van der Waals surface area contributed by atoms with Gasteiger partial charge in [-0.3, -0.25) is 4.79 Å². The highest BCUT2D eigenvalue weighted by Gasteiger charge is 2.15. The first kappa shape index (κ1) is 13.8. The molecule has 1 saturated carbocycles. The van der Waals surface area contributed by atoms with Crippen LogP contribution in [0.4, 0.5) is 11.6 Å². The monoisotopic (exact) mass is 262 g/mol. The van der Waals surface area contributed by atoms with Crippen LogP contribution in [-0.4, -0.2) is 35.4 Å². The Kier molecular flexibility index (Phi) is 4.71. The Morgan fingerprint density at radius 1 is 1.42 bits per heavy atom. The van der Waals surface area contributed by atoms with Crippen LogP contribution in [-0.2, 0) is 4.79 Å². The van der Waals surface area contributed by atoms with Gasteiger partial charge in [-0.2, -0.15) is 0 Å². The average Bonchev–Trinajstić information content (AvgIpc) is 2.89. The molecule has 1 aliphatic carbocycles. The van der Waals surface area contributed by atoms with Gasteiger partial charge in [-0.25, -0.2) is 9.97 Å². The Morgan fingerprint density at radius 2 is 2.16 bits per heavy atom. The van der Waals surface area contributed by atoms with Crippen LogP contribution in [0.3, 0.4) is 0 Å². The van der Waals surface area contributed by atoms with E-state index in [1.807, 2.05) is 18.0 Å². The van der Waals surface area contributed by atoms with E-state index in [1.54, 1.807) is 13.3 Å². The Morgan fingerprint density at radius 3 is 2.84 bits per heavy atom. The number of hydrogen-bond acceptors (Lipinski definition) is 5. The maximum absolute atomic E-state index is 11.0. The number of nitrogens with zero attached hydrogens (tertiary/aromatic N) is 3. The predicted molar refractivity (Wildman–Crippen MR) is 76.5 cm³/mol. The van der Waals surface area contributed by atoms with Gasteiger partial charge in [0, 0.05) is 32.1 Å². The molecule has 0 aliphatic heterocycles. The molecule has 0 unspecified atom stereocenters. The summed E-state index contributed by atoms with van der Waals surface area (Å²) < 4.78 is 0. The van der Waals surface area contributed by atoms with E-state index < -0.39 is 0 Å². The van der Waals surface area contributed by atoms with Crippen molar-refractivity contribution in [2.24, 2.45) is 0 Å². The fourth-order valence-electron chi connectivity index (χ4n) is 2.35. The molecule has 0 spiro atoms. The molecule has 1 N–H and O–H groups in total. The van der Waals surface area contributed by atoms with Gasteiger partial charge in [0.15, 0.2) is 0 Å². The van der Waals surface area contributed by atoms with Crippen molar-refractivity contribution >= 4 is 17.4 Å². The van der Waals surface area contributed by atoms with Gasteiger partial charge < -0.3 is 10.2 Å². The Labute approximate surface area is 114 Å². The van der Waals surface area contributed by atoms with E-state index >= 15 is 0 Å². The zero-order valence-electron chi connectivity index (χ0n) is 11.7. The molecule has 1 fully saturated rings. The van der Waals surface area contributed by atoms with Crippen molar-refractivity contribution in [1.29, 1.82) is 0 Å². The van der Waals surface area contributed by atoms with E-state index in [-0.39, 0.29) is 5.78 Å². The van der Waals surface area contributed by atoms with Crippen LogP contribution in [0, 0.1) is 0 Å². The van der Waals surface area contributed by atoms with Crippen LogP contribution >= 0.6 is 0 Å². The lowest BCUT2D eigenvalue weighted by Gasteiger charge is -2.19. The number of nitrogens with one attached hydrogen (secondary N) is 1. The molecule has 0 aromatic carbocycles. The van der Waals surface area contributed by atoms with Crippen LogP contribution < -0.4 is 10.2 Å². The Bertz CT molecular complexity index is 429. The van der Waals surface area contributed by atoms with Crippen molar-refractivity contribution in [3.05, 3.63) is 12.4 Å². The smallest absolute Gasteiger partial charge is 0.133 e. The maximum Gasteiger partial charge on any atom is 0.133 e. The number of carbonyl (C=O) groups is 1. The lowest BCUT2D eigenvalue weighted by molar-refractivity contribution is -0.116. The molecular weight excluding hydrogens is 240 g/mol. The average molecular weight is 262 g/mol. The molecule has 1 heterocycles. The Hall–Kier alpha value is -1.65. The van der Waals surface area contributed by atoms with E-state index in [9.17, 15) is 4.79 Å². The molecule has 0 radical (unpaired) electrons. The third-order valence-corrected chi connectivity index (χ3v) is 3.55. The summed E-state index contributed by atoms with van der Waals surface area (Å²) in [6, 6.07) is 2.50. The lowest BCUT2D eigenvalue weighted by atomic mass is 10.2.